The number of hydrogen-bond acceptors (Lipinski definition) is 1. The second-order valence-corrected chi connectivity index (χ2v) is 4.16. The lowest BCUT2D eigenvalue weighted by molar-refractivity contribution is 0.214. The normalized spacial score (nSPS) is 24.0. The van der Waals surface area contributed by atoms with Crippen molar-refractivity contribution in [3.05, 3.63) is 0 Å². The third-order valence-corrected chi connectivity index (χ3v) is 3.23. The molecule has 13 heavy (non-hydrogen) atoms. The second-order valence-electron chi connectivity index (χ2n) is 4.16. The van der Waals surface area contributed by atoms with Crippen molar-refractivity contribution in [1.29, 1.82) is 0 Å². The van der Waals surface area contributed by atoms with Gasteiger partial charge in [0.2, 0.25) is 0 Å². The summed E-state index contributed by atoms with van der Waals surface area (Å²) in [5.74, 6) is 0.897. The topological polar surface area (TPSA) is 32.3 Å². The molecule has 0 bridgehead atoms. The number of amides is 2. The van der Waals surface area contributed by atoms with Gasteiger partial charge in [0.05, 0.1) is 0 Å². The molecule has 2 amide bonds. The minimum absolute atomic E-state index is 0.137. The van der Waals surface area contributed by atoms with Crippen molar-refractivity contribution < 1.29 is 4.79 Å². The maximum absolute atomic E-state index is 11.2. The molecular weight excluding hydrogens is 164 g/mol. The van der Waals surface area contributed by atoms with Crippen LogP contribution >= 0.6 is 0 Å². The maximum atomic E-state index is 11.2. The summed E-state index contributed by atoms with van der Waals surface area (Å²) in [6.07, 6.45) is 6.78. The molecule has 2 aliphatic rings. The summed E-state index contributed by atoms with van der Waals surface area (Å²) < 4.78 is 0. The number of nitrogens with one attached hydrogen (secondary N) is 1. The lowest BCUT2D eigenvalue weighted by Gasteiger charge is -2.16. The Balaban J connectivity index is 1.69. The number of nitrogens with zero attached hydrogens (tertiary/aromatic N) is 1. The minimum atomic E-state index is 0.137. The molecule has 74 valence electrons. The molecule has 0 aromatic rings. The number of carbonyl (C=O) groups excluding carboxylic acids is 1. The summed E-state index contributed by atoms with van der Waals surface area (Å²) in [7, 11) is 0. The maximum Gasteiger partial charge on any atom is 0.317 e. The zero-order valence-corrected chi connectivity index (χ0v) is 8.09. The van der Waals surface area contributed by atoms with Gasteiger partial charge in [0.15, 0.2) is 0 Å². The summed E-state index contributed by atoms with van der Waals surface area (Å²) in [6.45, 7) is 2.71. The summed E-state index contributed by atoms with van der Waals surface area (Å²) in [6, 6.07) is 0.137. The smallest absolute Gasteiger partial charge is 0.317 e. The number of hydrogen-bond donors (Lipinski definition) is 1. The van der Waals surface area contributed by atoms with Gasteiger partial charge in [-0.2, -0.15) is 0 Å². The van der Waals surface area contributed by atoms with Gasteiger partial charge >= 0.3 is 6.03 Å². The Bertz CT molecular complexity index is 187. The third-order valence-electron chi connectivity index (χ3n) is 3.23. The van der Waals surface area contributed by atoms with E-state index < -0.39 is 0 Å². The lowest BCUT2D eigenvalue weighted by Crippen LogP contribution is -2.29. The van der Waals surface area contributed by atoms with E-state index in [-0.39, 0.29) is 6.03 Å². The number of rotatable bonds is 3. The van der Waals surface area contributed by atoms with E-state index in [9.17, 15) is 4.79 Å². The van der Waals surface area contributed by atoms with Crippen LogP contribution in [0.5, 0.6) is 0 Å². The van der Waals surface area contributed by atoms with Crippen LogP contribution in [0.3, 0.4) is 0 Å². The average Bonchev–Trinajstić information content (AvgIpc) is 2.72. The van der Waals surface area contributed by atoms with E-state index in [0.29, 0.717) is 0 Å². The van der Waals surface area contributed by atoms with Crippen LogP contribution in [0, 0.1) is 5.92 Å². The van der Waals surface area contributed by atoms with Gasteiger partial charge in [-0.15, -0.1) is 0 Å². The van der Waals surface area contributed by atoms with Gasteiger partial charge in [0, 0.05) is 19.6 Å². The molecule has 0 atom stereocenters. The largest absolute Gasteiger partial charge is 0.336 e. The first-order chi connectivity index (χ1) is 6.36. The van der Waals surface area contributed by atoms with Crippen molar-refractivity contribution in [2.45, 2.75) is 32.1 Å². The summed E-state index contributed by atoms with van der Waals surface area (Å²) in [5, 5.41) is 2.83. The fraction of sp³-hybridized carbons (Fsp3) is 0.900. The van der Waals surface area contributed by atoms with E-state index in [1.807, 2.05) is 4.90 Å². The van der Waals surface area contributed by atoms with Gasteiger partial charge in [-0.25, -0.2) is 4.79 Å². The van der Waals surface area contributed by atoms with Crippen molar-refractivity contribution in [1.82, 2.24) is 10.2 Å². The first kappa shape index (κ1) is 8.85. The predicted octanol–water partition coefficient (Wildman–Crippen LogP) is 1.59. The molecule has 0 aromatic carbocycles. The molecule has 0 unspecified atom stereocenters. The van der Waals surface area contributed by atoms with Gasteiger partial charge < -0.3 is 10.2 Å². The van der Waals surface area contributed by atoms with Crippen LogP contribution in [-0.4, -0.2) is 30.6 Å². The first-order valence-electron chi connectivity index (χ1n) is 5.39. The van der Waals surface area contributed by atoms with Gasteiger partial charge in [-0.05, 0) is 12.3 Å². The highest BCUT2D eigenvalue weighted by molar-refractivity contribution is 5.76. The molecule has 0 spiro atoms. The minimum Gasteiger partial charge on any atom is -0.336 e. The van der Waals surface area contributed by atoms with E-state index in [1.54, 1.807) is 0 Å². The highest BCUT2D eigenvalue weighted by Gasteiger charge is 2.21. The van der Waals surface area contributed by atoms with Crippen molar-refractivity contribution >= 4 is 6.03 Å². The highest BCUT2D eigenvalue weighted by atomic mass is 16.2. The fourth-order valence-electron chi connectivity index (χ4n) is 2.36. The standard InChI is InChI=1S/C10H18N2O/c13-10-11-6-8-12(10)7-5-9-3-1-2-4-9/h9H,1-8H2,(H,11,13). The molecule has 1 aliphatic heterocycles. The quantitative estimate of drug-likeness (QED) is 0.706. The molecule has 3 nitrogen and oxygen atoms in total. The highest BCUT2D eigenvalue weighted by Crippen LogP contribution is 2.27. The molecule has 2 fully saturated rings. The van der Waals surface area contributed by atoms with E-state index in [4.69, 9.17) is 0 Å². The molecule has 1 heterocycles. The second kappa shape index (κ2) is 3.99. The Kier molecular flexibility index (Phi) is 2.71. The summed E-state index contributed by atoms with van der Waals surface area (Å²) in [4.78, 5) is 13.1. The first-order valence-corrected chi connectivity index (χ1v) is 5.39. The van der Waals surface area contributed by atoms with Crippen molar-refractivity contribution in [3.8, 4) is 0 Å². The SMILES string of the molecule is O=C1NCCN1CCC1CCCC1. The molecule has 2 rings (SSSR count). The Morgan fingerprint density at radius 1 is 1.38 bits per heavy atom. The van der Waals surface area contributed by atoms with Crippen LogP contribution in [0.1, 0.15) is 32.1 Å². The number of urea groups is 1. The molecular formula is C10H18N2O. The molecule has 1 saturated carbocycles. The Labute approximate surface area is 79.5 Å². The van der Waals surface area contributed by atoms with E-state index in [0.717, 1.165) is 25.6 Å². The van der Waals surface area contributed by atoms with Gasteiger partial charge in [-0.1, -0.05) is 25.7 Å². The molecule has 1 saturated heterocycles. The zero-order valence-electron chi connectivity index (χ0n) is 8.09. The fourth-order valence-corrected chi connectivity index (χ4v) is 2.36. The van der Waals surface area contributed by atoms with Crippen LogP contribution in [-0.2, 0) is 0 Å². The van der Waals surface area contributed by atoms with Gasteiger partial charge in [0.1, 0.15) is 0 Å². The Morgan fingerprint density at radius 2 is 2.15 bits per heavy atom. The van der Waals surface area contributed by atoms with Crippen LogP contribution in [0.25, 0.3) is 0 Å². The molecule has 1 aliphatic carbocycles. The van der Waals surface area contributed by atoms with E-state index >= 15 is 0 Å². The van der Waals surface area contributed by atoms with Crippen molar-refractivity contribution in [2.75, 3.05) is 19.6 Å². The lowest BCUT2D eigenvalue weighted by atomic mass is 10.0. The Hall–Kier alpha value is -0.730. The summed E-state index contributed by atoms with van der Waals surface area (Å²) >= 11 is 0. The van der Waals surface area contributed by atoms with Gasteiger partial charge in [0.25, 0.3) is 0 Å². The summed E-state index contributed by atoms with van der Waals surface area (Å²) in [5.41, 5.74) is 0. The Morgan fingerprint density at radius 3 is 2.77 bits per heavy atom. The molecule has 3 heteroatoms. The molecule has 0 radical (unpaired) electrons. The van der Waals surface area contributed by atoms with E-state index in [1.165, 1.54) is 32.1 Å². The number of carbonyl (C=O) groups is 1. The van der Waals surface area contributed by atoms with Crippen LogP contribution in [0.15, 0.2) is 0 Å². The average molecular weight is 182 g/mol. The zero-order chi connectivity index (χ0) is 9.10. The van der Waals surface area contributed by atoms with Crippen LogP contribution in [0.2, 0.25) is 0 Å². The third kappa shape index (κ3) is 2.14. The molecule has 1 N–H and O–H groups in total. The predicted molar refractivity (Wildman–Crippen MR) is 51.5 cm³/mol. The van der Waals surface area contributed by atoms with Gasteiger partial charge in [-0.3, -0.25) is 0 Å². The van der Waals surface area contributed by atoms with Crippen LogP contribution < -0.4 is 5.32 Å². The monoisotopic (exact) mass is 182 g/mol. The van der Waals surface area contributed by atoms with Crippen molar-refractivity contribution in [2.24, 2.45) is 5.92 Å². The van der Waals surface area contributed by atoms with Crippen molar-refractivity contribution in [3.63, 3.8) is 0 Å². The van der Waals surface area contributed by atoms with Crippen LogP contribution in [0.4, 0.5) is 4.79 Å². The van der Waals surface area contributed by atoms with E-state index in [2.05, 4.69) is 5.32 Å². The molecule has 0 aromatic heterocycles.